The van der Waals surface area contributed by atoms with Crippen molar-refractivity contribution in [3.05, 3.63) is 0 Å². The van der Waals surface area contributed by atoms with Gasteiger partial charge in [0.25, 0.3) is 0 Å². The van der Waals surface area contributed by atoms with Crippen LogP contribution in [0.1, 0.15) is 20.3 Å². The van der Waals surface area contributed by atoms with Crippen molar-refractivity contribution in [3.63, 3.8) is 0 Å². The van der Waals surface area contributed by atoms with Gasteiger partial charge in [-0.05, 0) is 6.92 Å². The van der Waals surface area contributed by atoms with Gasteiger partial charge in [-0.25, -0.2) is 0 Å². The molecule has 1 atom stereocenters. The maximum Gasteiger partial charge on any atom is 0.307 e. The fraction of sp³-hybridized carbons (Fsp3) is 0.667. The van der Waals surface area contributed by atoms with Crippen LogP contribution in [0.2, 0.25) is 0 Å². The number of carbonyl (C=O) groups is 2. The fourth-order valence-corrected chi connectivity index (χ4v) is 0.571. The van der Waals surface area contributed by atoms with Gasteiger partial charge in [-0.3, -0.25) is 9.59 Å². The van der Waals surface area contributed by atoms with Crippen molar-refractivity contribution in [2.24, 2.45) is 0 Å². The lowest BCUT2D eigenvalue weighted by molar-refractivity contribution is -0.149. The largest absolute Gasteiger partial charge is 0.481 e. The van der Waals surface area contributed by atoms with Crippen LogP contribution < -0.4 is 0 Å². The van der Waals surface area contributed by atoms with E-state index in [4.69, 9.17) is 5.11 Å². The normalized spacial score (nSPS) is 12.2. The highest BCUT2D eigenvalue weighted by Crippen LogP contribution is 1.96. The average molecular weight is 146 g/mol. The zero-order valence-corrected chi connectivity index (χ0v) is 5.96. The van der Waals surface area contributed by atoms with E-state index in [1.165, 1.54) is 13.8 Å². The summed E-state index contributed by atoms with van der Waals surface area (Å²) in [6, 6.07) is 0. The van der Waals surface area contributed by atoms with Crippen LogP contribution in [0, 0.1) is 0 Å². The highest BCUT2D eigenvalue weighted by atomic mass is 16.5. The summed E-state index contributed by atoms with van der Waals surface area (Å²) in [6.07, 6.45) is -0.672. The summed E-state index contributed by atoms with van der Waals surface area (Å²) in [5.74, 6) is -1.41. The van der Waals surface area contributed by atoms with Gasteiger partial charge in [0.2, 0.25) is 0 Å². The monoisotopic (exact) mass is 146 g/mol. The summed E-state index contributed by atoms with van der Waals surface area (Å²) >= 11 is 0. The van der Waals surface area contributed by atoms with E-state index in [2.05, 4.69) is 4.74 Å². The molecule has 0 aromatic rings. The first kappa shape index (κ1) is 8.94. The molecule has 0 aliphatic rings. The van der Waals surface area contributed by atoms with Gasteiger partial charge in [-0.2, -0.15) is 0 Å². The third-order valence-electron chi connectivity index (χ3n) is 0.829. The minimum Gasteiger partial charge on any atom is -0.481 e. The van der Waals surface area contributed by atoms with Gasteiger partial charge in [0.1, 0.15) is 6.10 Å². The van der Waals surface area contributed by atoms with Crippen LogP contribution in [-0.4, -0.2) is 23.1 Å². The van der Waals surface area contributed by atoms with Crippen LogP contribution in [0.15, 0.2) is 0 Å². The Kier molecular flexibility index (Phi) is 3.46. The van der Waals surface area contributed by atoms with E-state index in [0.717, 1.165) is 0 Å². The number of aliphatic carboxylic acids is 1. The SMILES string of the molecule is CC(=O)O[C@@H](C)CC(=O)O. The molecule has 4 nitrogen and oxygen atoms in total. The second-order valence-corrected chi connectivity index (χ2v) is 2.02. The average Bonchev–Trinajstić information content (AvgIpc) is 1.58. The molecule has 0 bridgehead atoms. The van der Waals surface area contributed by atoms with Gasteiger partial charge >= 0.3 is 11.9 Å². The van der Waals surface area contributed by atoms with E-state index >= 15 is 0 Å². The maximum absolute atomic E-state index is 10.2. The Bertz CT molecular complexity index is 125. The van der Waals surface area contributed by atoms with Crippen LogP contribution in [0.4, 0.5) is 0 Å². The molecule has 1 N–H and O–H groups in total. The Hall–Kier alpha value is -1.06. The van der Waals surface area contributed by atoms with E-state index in [-0.39, 0.29) is 6.42 Å². The summed E-state index contributed by atoms with van der Waals surface area (Å²) in [6.45, 7) is 2.79. The molecule has 0 amide bonds. The van der Waals surface area contributed by atoms with Crippen molar-refractivity contribution < 1.29 is 19.4 Å². The van der Waals surface area contributed by atoms with Gasteiger partial charge < -0.3 is 9.84 Å². The highest BCUT2D eigenvalue weighted by molar-refractivity contribution is 5.69. The topological polar surface area (TPSA) is 63.6 Å². The number of hydrogen-bond donors (Lipinski definition) is 1. The van der Waals surface area contributed by atoms with Crippen LogP contribution in [0.5, 0.6) is 0 Å². The number of ether oxygens (including phenoxy) is 1. The maximum atomic E-state index is 10.2. The molecule has 0 radical (unpaired) electrons. The molecule has 58 valence electrons. The summed E-state index contributed by atoms with van der Waals surface area (Å²) in [5, 5.41) is 8.21. The number of carboxylic acid groups (broad SMARTS) is 1. The van der Waals surface area contributed by atoms with Gasteiger partial charge in [-0.1, -0.05) is 0 Å². The first-order valence-corrected chi connectivity index (χ1v) is 2.91. The molecule has 0 saturated carbocycles. The molecule has 0 aromatic heterocycles. The van der Waals surface area contributed by atoms with Gasteiger partial charge in [0, 0.05) is 6.92 Å². The third-order valence-corrected chi connectivity index (χ3v) is 0.829. The predicted molar refractivity (Wildman–Crippen MR) is 33.5 cm³/mol. The van der Waals surface area contributed by atoms with E-state index in [9.17, 15) is 9.59 Å². The van der Waals surface area contributed by atoms with Gasteiger partial charge in [0.05, 0.1) is 6.42 Å². The highest BCUT2D eigenvalue weighted by Gasteiger charge is 2.08. The van der Waals surface area contributed by atoms with E-state index in [0.29, 0.717) is 0 Å². The Labute approximate surface area is 58.8 Å². The van der Waals surface area contributed by atoms with Crippen molar-refractivity contribution in [1.82, 2.24) is 0 Å². The minimum absolute atomic E-state index is 0.139. The summed E-state index contributed by atoms with van der Waals surface area (Å²) < 4.78 is 4.54. The second kappa shape index (κ2) is 3.87. The molecule has 0 unspecified atom stereocenters. The molecule has 0 rings (SSSR count). The lowest BCUT2D eigenvalue weighted by atomic mass is 10.3. The molecule has 0 aliphatic carbocycles. The third kappa shape index (κ3) is 5.08. The first-order valence-electron chi connectivity index (χ1n) is 2.91. The van der Waals surface area contributed by atoms with Crippen molar-refractivity contribution in [1.29, 1.82) is 0 Å². The molecule has 0 aliphatic heterocycles. The van der Waals surface area contributed by atoms with Crippen LogP contribution in [-0.2, 0) is 14.3 Å². The van der Waals surface area contributed by atoms with Crippen molar-refractivity contribution in [3.8, 4) is 0 Å². The molecule has 0 spiro atoms. The number of rotatable bonds is 3. The molecule has 0 aromatic carbocycles. The zero-order chi connectivity index (χ0) is 8.15. The van der Waals surface area contributed by atoms with Crippen molar-refractivity contribution in [2.75, 3.05) is 0 Å². The van der Waals surface area contributed by atoms with E-state index in [1.807, 2.05) is 0 Å². The molecule has 0 heterocycles. The van der Waals surface area contributed by atoms with Gasteiger partial charge in [-0.15, -0.1) is 0 Å². The van der Waals surface area contributed by atoms with E-state index in [1.54, 1.807) is 0 Å². The van der Waals surface area contributed by atoms with Crippen LogP contribution in [0.25, 0.3) is 0 Å². The number of carbonyl (C=O) groups excluding carboxylic acids is 1. The fourth-order valence-electron chi connectivity index (χ4n) is 0.571. The van der Waals surface area contributed by atoms with Crippen LogP contribution >= 0.6 is 0 Å². The summed E-state index contributed by atoms with van der Waals surface area (Å²) in [5.41, 5.74) is 0. The lowest BCUT2D eigenvalue weighted by Crippen LogP contribution is -2.16. The second-order valence-electron chi connectivity index (χ2n) is 2.02. The number of esters is 1. The molecular weight excluding hydrogens is 136 g/mol. The Balaban J connectivity index is 3.53. The Morgan fingerprint density at radius 2 is 2.10 bits per heavy atom. The summed E-state index contributed by atoms with van der Waals surface area (Å²) in [7, 11) is 0. The molecule has 10 heavy (non-hydrogen) atoms. The Morgan fingerprint density at radius 3 is 2.40 bits per heavy atom. The van der Waals surface area contributed by atoms with Crippen molar-refractivity contribution in [2.45, 2.75) is 26.4 Å². The molecular formula is C6H10O4. The summed E-state index contributed by atoms with van der Waals surface area (Å²) in [4.78, 5) is 20.2. The quantitative estimate of drug-likeness (QED) is 0.586. The van der Waals surface area contributed by atoms with Crippen LogP contribution in [0.3, 0.4) is 0 Å². The van der Waals surface area contributed by atoms with E-state index < -0.39 is 18.0 Å². The molecule has 4 heteroatoms. The predicted octanol–water partition coefficient (Wildman–Crippen LogP) is 0.413. The zero-order valence-electron chi connectivity index (χ0n) is 5.96. The van der Waals surface area contributed by atoms with Gasteiger partial charge in [0.15, 0.2) is 0 Å². The van der Waals surface area contributed by atoms with Crippen molar-refractivity contribution >= 4 is 11.9 Å². The smallest absolute Gasteiger partial charge is 0.307 e. The molecule has 0 fully saturated rings. The number of carboxylic acids is 1. The lowest BCUT2D eigenvalue weighted by Gasteiger charge is -2.07. The Morgan fingerprint density at radius 1 is 1.60 bits per heavy atom. The first-order chi connectivity index (χ1) is 4.52. The molecule has 0 saturated heterocycles. The minimum atomic E-state index is -0.964. The number of hydrogen-bond acceptors (Lipinski definition) is 3. The standard InChI is InChI=1S/C6H10O4/c1-4(3-6(8)9)10-5(2)7/h4H,3H2,1-2H3,(H,8,9)/t4-/m0/s1.